The fraction of sp³-hybridized carbons (Fsp3) is 0.478. The number of carboxylic acid groups (broad SMARTS) is 1. The number of carbonyl (C=O) groups excluding carboxylic acids is 1. The van der Waals surface area contributed by atoms with Gasteiger partial charge in [-0.1, -0.05) is 18.2 Å². The van der Waals surface area contributed by atoms with Gasteiger partial charge in [0.25, 0.3) is 0 Å². The van der Waals surface area contributed by atoms with Crippen molar-refractivity contribution in [3.05, 3.63) is 53.1 Å². The fourth-order valence-corrected chi connectivity index (χ4v) is 5.16. The number of ether oxygens (including phenoxy) is 1. The number of carbonyl (C=O) groups is 2. The number of anilines is 1. The molecule has 2 aromatic rings. The van der Waals surface area contributed by atoms with Crippen molar-refractivity contribution < 1.29 is 42.5 Å². The Morgan fingerprint density at radius 3 is 2.56 bits per heavy atom. The van der Waals surface area contributed by atoms with E-state index in [1.54, 1.807) is 37.2 Å². The van der Waals surface area contributed by atoms with E-state index < -0.39 is 62.1 Å². The summed E-state index contributed by atoms with van der Waals surface area (Å²) >= 11 is 0. The van der Waals surface area contributed by atoms with E-state index in [1.165, 1.54) is 25.1 Å². The number of para-hydroxylation sites is 1. The number of hydrogen-bond acceptors (Lipinski definition) is 10. The van der Waals surface area contributed by atoms with Crippen LogP contribution in [0.15, 0.2) is 47.4 Å². The number of rotatable bonds is 12. The molecule has 1 aromatic carbocycles. The van der Waals surface area contributed by atoms with E-state index in [0.717, 1.165) is 17.7 Å². The van der Waals surface area contributed by atoms with Gasteiger partial charge >= 0.3 is 19.4 Å². The number of nitrogens with zero attached hydrogens (tertiary/aromatic N) is 3. The van der Waals surface area contributed by atoms with Crippen molar-refractivity contribution >= 4 is 25.4 Å². The summed E-state index contributed by atoms with van der Waals surface area (Å²) in [7, 11) is -1.00. The summed E-state index contributed by atoms with van der Waals surface area (Å²) in [5, 5.41) is 24.6. The molecule has 4 N–H and O–H groups in total. The van der Waals surface area contributed by atoms with Gasteiger partial charge in [0, 0.05) is 6.20 Å². The van der Waals surface area contributed by atoms with Gasteiger partial charge in [-0.05, 0) is 46.1 Å². The van der Waals surface area contributed by atoms with E-state index in [2.05, 4.69) is 15.4 Å². The quantitative estimate of drug-likeness (QED) is 0.266. The molecule has 214 valence electrons. The zero-order chi connectivity index (χ0) is 29.0. The molecule has 1 aliphatic rings. The van der Waals surface area contributed by atoms with Crippen LogP contribution in [-0.4, -0.2) is 87.7 Å². The van der Waals surface area contributed by atoms with Crippen LogP contribution in [0.3, 0.4) is 0 Å². The van der Waals surface area contributed by atoms with E-state index in [1.807, 2.05) is 0 Å². The highest BCUT2D eigenvalue weighted by Crippen LogP contribution is 2.47. The van der Waals surface area contributed by atoms with Gasteiger partial charge in [-0.25, -0.2) is 13.8 Å². The van der Waals surface area contributed by atoms with Gasteiger partial charge in [0.05, 0.1) is 13.2 Å². The highest BCUT2D eigenvalue weighted by molar-refractivity contribution is 7.52. The monoisotopic (exact) mass is 571 g/mol. The molecule has 1 unspecified atom stereocenters. The first-order chi connectivity index (χ1) is 18.2. The van der Waals surface area contributed by atoms with E-state index in [4.69, 9.17) is 13.8 Å². The van der Waals surface area contributed by atoms with Crippen LogP contribution >= 0.6 is 7.75 Å². The summed E-state index contributed by atoms with van der Waals surface area (Å²) in [5.41, 5.74) is -3.49. The van der Waals surface area contributed by atoms with E-state index in [-0.39, 0.29) is 18.1 Å². The third-order valence-electron chi connectivity index (χ3n) is 5.63. The molecule has 1 fully saturated rings. The summed E-state index contributed by atoms with van der Waals surface area (Å²) in [6.07, 6.45) is -3.80. The summed E-state index contributed by atoms with van der Waals surface area (Å²) in [6, 6.07) is 7.70. The first-order valence-electron chi connectivity index (χ1n) is 11.8. The lowest BCUT2D eigenvalue weighted by atomic mass is 9.98. The molecule has 1 amide bonds. The number of aliphatic carboxylic acids is 1. The lowest BCUT2D eigenvalue weighted by Crippen LogP contribution is -2.43. The smallest absolute Gasteiger partial charge is 0.459 e. The molecule has 16 heteroatoms. The lowest BCUT2D eigenvalue weighted by Gasteiger charge is -2.25. The Labute approximate surface area is 223 Å². The van der Waals surface area contributed by atoms with Gasteiger partial charge in [-0.3, -0.25) is 18.7 Å². The maximum Gasteiger partial charge on any atom is 0.459 e. The van der Waals surface area contributed by atoms with Crippen molar-refractivity contribution in [1.82, 2.24) is 19.5 Å². The topological polar surface area (TPSA) is 182 Å². The van der Waals surface area contributed by atoms with Gasteiger partial charge in [0.1, 0.15) is 29.8 Å². The van der Waals surface area contributed by atoms with Crippen molar-refractivity contribution in [2.75, 3.05) is 32.6 Å². The second kappa shape index (κ2) is 12.3. The number of benzene rings is 1. The van der Waals surface area contributed by atoms with Crippen LogP contribution in [0.25, 0.3) is 0 Å². The SMILES string of the molecule is C[C@@H](NP(=O)(OC[C@H]1O[C@@H](n2ccc(NC(=O)CN(C)C)nc2=O)[C@](C)(F)[C@@H]1O)Oc1ccccc1)C(=O)O. The second-order valence-corrected chi connectivity index (χ2v) is 11.0. The molecule has 3 rings (SSSR count). The first kappa shape index (κ1) is 30.3. The Hall–Kier alpha value is -3.20. The van der Waals surface area contributed by atoms with E-state index >= 15 is 4.39 Å². The molecule has 1 aromatic heterocycles. The van der Waals surface area contributed by atoms with Crippen molar-refractivity contribution in [2.24, 2.45) is 0 Å². The van der Waals surface area contributed by atoms with E-state index in [9.17, 15) is 29.2 Å². The molecular weight excluding hydrogens is 540 g/mol. The molecule has 0 bridgehead atoms. The number of halogens is 1. The van der Waals surface area contributed by atoms with Crippen LogP contribution in [-0.2, 0) is 23.4 Å². The molecule has 14 nitrogen and oxygen atoms in total. The van der Waals surface area contributed by atoms with Gasteiger partial charge in [0.15, 0.2) is 11.9 Å². The molecular formula is C23H31FN5O9P. The van der Waals surface area contributed by atoms with Crippen LogP contribution in [0.2, 0.25) is 0 Å². The lowest BCUT2D eigenvalue weighted by molar-refractivity contribution is -0.138. The van der Waals surface area contributed by atoms with E-state index in [0.29, 0.717) is 0 Å². The molecule has 0 radical (unpaired) electrons. The number of likely N-dealkylation sites (N-methyl/N-ethyl adjacent to an activating group) is 1. The maximum atomic E-state index is 15.6. The summed E-state index contributed by atoms with van der Waals surface area (Å²) in [5.74, 6) is -1.71. The largest absolute Gasteiger partial charge is 0.480 e. The molecule has 2 heterocycles. The fourth-order valence-electron chi connectivity index (χ4n) is 3.66. The van der Waals surface area contributed by atoms with Crippen molar-refractivity contribution in [1.29, 1.82) is 0 Å². The Balaban J connectivity index is 1.76. The predicted octanol–water partition coefficient (Wildman–Crippen LogP) is 0.996. The number of carboxylic acids is 1. The number of amides is 1. The number of aliphatic hydroxyl groups is 1. The summed E-state index contributed by atoms with van der Waals surface area (Å²) < 4.78 is 46.1. The zero-order valence-electron chi connectivity index (χ0n) is 21.7. The summed E-state index contributed by atoms with van der Waals surface area (Å²) in [4.78, 5) is 41.2. The third-order valence-corrected chi connectivity index (χ3v) is 7.27. The number of nitrogens with one attached hydrogen (secondary N) is 2. The zero-order valence-corrected chi connectivity index (χ0v) is 22.6. The molecule has 0 spiro atoms. The minimum atomic E-state index is -4.37. The molecule has 0 aliphatic carbocycles. The minimum Gasteiger partial charge on any atom is -0.480 e. The van der Waals surface area contributed by atoms with Crippen LogP contribution < -0.4 is 20.6 Å². The van der Waals surface area contributed by atoms with Crippen molar-refractivity contribution in [3.63, 3.8) is 0 Å². The molecule has 39 heavy (non-hydrogen) atoms. The van der Waals surface area contributed by atoms with Crippen LogP contribution in [0.5, 0.6) is 5.75 Å². The highest BCUT2D eigenvalue weighted by Gasteiger charge is 2.56. The molecule has 1 saturated heterocycles. The standard InChI is InChI=1S/C23H31FN5O9P/c1-14(20(32)33)27-39(35,38-15-8-6-5-7-9-15)36-13-16-19(31)23(2,24)21(37-16)29-11-10-17(26-22(29)34)25-18(30)12-28(3)4/h5-11,14,16,19,21,31H,12-13H2,1-4H3,(H,27,35)(H,32,33)(H,25,26,30,34)/t14-,16-,19-,21-,23-,39?/m1/s1. The molecule has 1 aliphatic heterocycles. The number of aromatic nitrogens is 2. The minimum absolute atomic E-state index is 0.0465. The number of alkyl halides is 1. The second-order valence-electron chi connectivity index (χ2n) is 9.30. The Morgan fingerprint density at radius 2 is 1.97 bits per heavy atom. The van der Waals surface area contributed by atoms with Gasteiger partial charge in [0.2, 0.25) is 5.91 Å². The Kier molecular flexibility index (Phi) is 9.59. The first-order valence-corrected chi connectivity index (χ1v) is 13.3. The molecule has 0 saturated carbocycles. The Bertz CT molecular complexity index is 1280. The highest BCUT2D eigenvalue weighted by atomic mass is 31.2. The van der Waals surface area contributed by atoms with Crippen LogP contribution in [0.4, 0.5) is 10.2 Å². The normalized spacial score (nSPS) is 25.2. The van der Waals surface area contributed by atoms with Crippen LogP contribution in [0.1, 0.15) is 20.1 Å². The number of hydrogen-bond donors (Lipinski definition) is 4. The van der Waals surface area contributed by atoms with Crippen molar-refractivity contribution in [3.8, 4) is 5.75 Å². The van der Waals surface area contributed by atoms with Gasteiger partial charge < -0.3 is 29.7 Å². The Morgan fingerprint density at radius 1 is 1.31 bits per heavy atom. The average Bonchev–Trinajstić information content (AvgIpc) is 3.06. The van der Waals surface area contributed by atoms with Gasteiger partial charge in [-0.2, -0.15) is 10.1 Å². The summed E-state index contributed by atoms with van der Waals surface area (Å²) in [6.45, 7) is 1.58. The van der Waals surface area contributed by atoms with Crippen molar-refractivity contribution in [2.45, 2.75) is 44.0 Å². The number of aliphatic hydroxyl groups excluding tert-OH is 1. The predicted molar refractivity (Wildman–Crippen MR) is 136 cm³/mol. The third kappa shape index (κ3) is 7.68. The molecule has 6 atom stereocenters. The maximum absolute atomic E-state index is 15.6. The van der Waals surface area contributed by atoms with Gasteiger partial charge in [-0.15, -0.1) is 0 Å². The average molecular weight is 571 g/mol. The van der Waals surface area contributed by atoms with Crippen LogP contribution in [0, 0.1) is 0 Å².